The van der Waals surface area contributed by atoms with E-state index in [-0.39, 0.29) is 12.3 Å². The molecule has 21 heavy (non-hydrogen) atoms. The topological polar surface area (TPSA) is 98.2 Å². The molecule has 0 unspecified atom stereocenters. The standard InChI is InChI=1S/C15H14ClN3O2/c16-12-6-3-10(8-13(12)17)15(21)19-11-4-1-9(2-5-11)7-14(18)20/h1-6,8H,7,17H2,(H2,18,20)(H,19,21). The van der Waals surface area contributed by atoms with Gasteiger partial charge in [-0.1, -0.05) is 23.7 Å². The Kier molecular flexibility index (Phi) is 4.45. The van der Waals surface area contributed by atoms with E-state index in [0.717, 1.165) is 5.56 Å². The SMILES string of the molecule is NC(=O)Cc1ccc(NC(=O)c2ccc(Cl)c(N)c2)cc1. The van der Waals surface area contributed by atoms with Crippen molar-refractivity contribution in [3.8, 4) is 0 Å². The van der Waals surface area contributed by atoms with Crippen molar-refractivity contribution in [1.82, 2.24) is 0 Å². The largest absolute Gasteiger partial charge is 0.398 e. The van der Waals surface area contributed by atoms with Crippen molar-refractivity contribution in [3.05, 3.63) is 58.6 Å². The minimum absolute atomic E-state index is 0.169. The number of rotatable bonds is 4. The van der Waals surface area contributed by atoms with Crippen molar-refractivity contribution < 1.29 is 9.59 Å². The molecule has 0 aromatic heterocycles. The van der Waals surface area contributed by atoms with Crippen molar-refractivity contribution in [3.63, 3.8) is 0 Å². The third-order valence-electron chi connectivity index (χ3n) is 2.85. The fourth-order valence-corrected chi connectivity index (χ4v) is 1.91. The zero-order valence-corrected chi connectivity index (χ0v) is 11.9. The molecule has 2 aromatic rings. The first-order chi connectivity index (χ1) is 9.95. The fraction of sp³-hybridized carbons (Fsp3) is 0.0667. The molecule has 0 heterocycles. The van der Waals surface area contributed by atoms with Gasteiger partial charge in [-0.15, -0.1) is 0 Å². The van der Waals surface area contributed by atoms with Gasteiger partial charge in [0, 0.05) is 11.3 Å². The number of nitrogens with two attached hydrogens (primary N) is 2. The van der Waals surface area contributed by atoms with Crippen LogP contribution < -0.4 is 16.8 Å². The minimum atomic E-state index is -0.400. The number of hydrogen-bond acceptors (Lipinski definition) is 3. The molecule has 0 saturated heterocycles. The summed E-state index contributed by atoms with van der Waals surface area (Å²) in [5, 5.41) is 3.14. The van der Waals surface area contributed by atoms with Gasteiger partial charge in [0.15, 0.2) is 0 Å². The summed E-state index contributed by atoms with van der Waals surface area (Å²) in [5.41, 5.74) is 12.9. The maximum absolute atomic E-state index is 12.1. The van der Waals surface area contributed by atoms with Crippen LogP contribution in [-0.2, 0) is 11.2 Å². The number of amides is 2. The van der Waals surface area contributed by atoms with Gasteiger partial charge >= 0.3 is 0 Å². The lowest BCUT2D eigenvalue weighted by atomic mass is 10.1. The van der Waals surface area contributed by atoms with E-state index in [1.54, 1.807) is 36.4 Å². The zero-order valence-electron chi connectivity index (χ0n) is 11.1. The summed E-state index contributed by atoms with van der Waals surface area (Å²) in [7, 11) is 0. The second-order valence-corrected chi connectivity index (χ2v) is 4.94. The van der Waals surface area contributed by atoms with Gasteiger partial charge < -0.3 is 16.8 Å². The molecule has 5 N–H and O–H groups in total. The van der Waals surface area contributed by atoms with Gasteiger partial charge in [0.2, 0.25) is 5.91 Å². The van der Waals surface area contributed by atoms with Crippen molar-refractivity contribution in [2.24, 2.45) is 5.73 Å². The van der Waals surface area contributed by atoms with Crippen LogP contribution in [0.3, 0.4) is 0 Å². The van der Waals surface area contributed by atoms with E-state index in [2.05, 4.69) is 5.32 Å². The Hall–Kier alpha value is -2.53. The van der Waals surface area contributed by atoms with Crippen LogP contribution in [0.15, 0.2) is 42.5 Å². The normalized spacial score (nSPS) is 10.1. The third-order valence-corrected chi connectivity index (χ3v) is 3.19. The Balaban J connectivity index is 2.08. The number of nitrogen functional groups attached to an aromatic ring is 1. The quantitative estimate of drug-likeness (QED) is 0.755. The summed E-state index contributed by atoms with van der Waals surface area (Å²) in [6.45, 7) is 0. The van der Waals surface area contributed by atoms with E-state index in [0.29, 0.717) is 22.0 Å². The molecular formula is C15H14ClN3O2. The maximum Gasteiger partial charge on any atom is 0.255 e. The highest BCUT2D eigenvalue weighted by atomic mass is 35.5. The van der Waals surface area contributed by atoms with Gasteiger partial charge in [-0.2, -0.15) is 0 Å². The molecule has 2 amide bonds. The average molecular weight is 304 g/mol. The Labute approximate surface area is 126 Å². The number of halogens is 1. The molecule has 5 nitrogen and oxygen atoms in total. The van der Waals surface area contributed by atoms with E-state index in [1.807, 2.05) is 0 Å². The summed E-state index contributed by atoms with van der Waals surface area (Å²) >= 11 is 5.81. The summed E-state index contributed by atoms with van der Waals surface area (Å²) in [6, 6.07) is 11.6. The predicted octanol–water partition coefficient (Wildman–Crippen LogP) is 2.20. The van der Waals surface area contributed by atoms with Crippen LogP contribution in [0.4, 0.5) is 11.4 Å². The summed E-state index contributed by atoms with van der Waals surface area (Å²) in [6.07, 6.45) is 0.169. The smallest absolute Gasteiger partial charge is 0.255 e. The molecule has 0 atom stereocenters. The molecule has 0 radical (unpaired) electrons. The van der Waals surface area contributed by atoms with Crippen molar-refractivity contribution in [2.75, 3.05) is 11.1 Å². The second kappa shape index (κ2) is 6.28. The number of anilines is 2. The second-order valence-electron chi connectivity index (χ2n) is 4.53. The minimum Gasteiger partial charge on any atom is -0.398 e. The Morgan fingerprint density at radius 1 is 1.10 bits per heavy atom. The maximum atomic E-state index is 12.1. The number of primary amides is 1. The van der Waals surface area contributed by atoms with E-state index in [9.17, 15) is 9.59 Å². The molecule has 0 aliphatic rings. The Bertz CT molecular complexity index is 684. The summed E-state index contributed by atoms with van der Waals surface area (Å²) < 4.78 is 0. The van der Waals surface area contributed by atoms with E-state index >= 15 is 0 Å². The summed E-state index contributed by atoms with van der Waals surface area (Å²) in [5.74, 6) is -0.690. The molecular weight excluding hydrogens is 290 g/mol. The van der Waals surface area contributed by atoms with E-state index < -0.39 is 5.91 Å². The highest BCUT2D eigenvalue weighted by Gasteiger charge is 2.08. The van der Waals surface area contributed by atoms with E-state index in [4.69, 9.17) is 23.1 Å². The van der Waals surface area contributed by atoms with Crippen LogP contribution >= 0.6 is 11.6 Å². The lowest BCUT2D eigenvalue weighted by Gasteiger charge is -2.07. The van der Waals surface area contributed by atoms with Crippen LogP contribution in [-0.4, -0.2) is 11.8 Å². The monoisotopic (exact) mass is 303 g/mol. The molecule has 0 fully saturated rings. The third kappa shape index (κ3) is 3.97. The van der Waals surface area contributed by atoms with Crippen LogP contribution in [0, 0.1) is 0 Å². The highest BCUT2D eigenvalue weighted by molar-refractivity contribution is 6.33. The Morgan fingerprint density at radius 3 is 2.33 bits per heavy atom. The molecule has 0 saturated carbocycles. The van der Waals surface area contributed by atoms with Gasteiger partial charge in [-0.25, -0.2) is 0 Å². The number of benzene rings is 2. The lowest BCUT2D eigenvalue weighted by Crippen LogP contribution is -2.14. The number of carbonyl (C=O) groups is 2. The van der Waals surface area contributed by atoms with Crippen LogP contribution in [0.25, 0.3) is 0 Å². The van der Waals surface area contributed by atoms with Crippen LogP contribution in [0.5, 0.6) is 0 Å². The average Bonchev–Trinajstić information content (AvgIpc) is 2.43. The first-order valence-corrected chi connectivity index (χ1v) is 6.57. The molecule has 2 rings (SSSR count). The van der Waals surface area contributed by atoms with Crippen LogP contribution in [0.1, 0.15) is 15.9 Å². The molecule has 0 aliphatic heterocycles. The van der Waals surface area contributed by atoms with E-state index in [1.165, 1.54) is 6.07 Å². The molecule has 2 aromatic carbocycles. The molecule has 6 heteroatoms. The highest BCUT2D eigenvalue weighted by Crippen LogP contribution is 2.20. The van der Waals surface area contributed by atoms with Gasteiger partial charge in [0.1, 0.15) is 0 Å². The van der Waals surface area contributed by atoms with Gasteiger partial charge in [0.25, 0.3) is 5.91 Å². The number of nitrogens with one attached hydrogen (secondary N) is 1. The molecule has 0 aliphatic carbocycles. The van der Waals surface area contributed by atoms with Gasteiger partial charge in [0.05, 0.1) is 17.1 Å². The lowest BCUT2D eigenvalue weighted by molar-refractivity contribution is -0.117. The molecule has 0 bridgehead atoms. The van der Waals surface area contributed by atoms with Crippen molar-refractivity contribution in [1.29, 1.82) is 0 Å². The first kappa shape index (κ1) is 14.9. The van der Waals surface area contributed by atoms with Crippen molar-refractivity contribution in [2.45, 2.75) is 6.42 Å². The summed E-state index contributed by atoms with van der Waals surface area (Å²) in [4.78, 5) is 22.9. The molecule has 0 spiro atoms. The first-order valence-electron chi connectivity index (χ1n) is 6.19. The van der Waals surface area contributed by atoms with Crippen molar-refractivity contribution >= 4 is 34.8 Å². The van der Waals surface area contributed by atoms with Gasteiger partial charge in [-0.05, 0) is 35.9 Å². The van der Waals surface area contributed by atoms with Crippen LogP contribution in [0.2, 0.25) is 5.02 Å². The predicted molar refractivity (Wildman–Crippen MR) is 83.2 cm³/mol. The molecule has 108 valence electrons. The number of carbonyl (C=O) groups excluding carboxylic acids is 2. The fourth-order valence-electron chi connectivity index (χ4n) is 1.80. The number of hydrogen-bond donors (Lipinski definition) is 3. The Morgan fingerprint density at radius 2 is 1.76 bits per heavy atom. The van der Waals surface area contributed by atoms with Gasteiger partial charge in [-0.3, -0.25) is 9.59 Å². The zero-order chi connectivity index (χ0) is 15.4.